The highest BCUT2D eigenvalue weighted by molar-refractivity contribution is 6.05. The number of rotatable bonds is 1. The maximum Gasteiger partial charge on any atom is 0.312 e. The Hall–Kier alpha value is -2.26. The third-order valence-corrected chi connectivity index (χ3v) is 12.6. The van der Waals surface area contributed by atoms with Crippen molar-refractivity contribution in [3.05, 3.63) is 23.3 Å². The molecule has 7 unspecified atom stereocenters. The van der Waals surface area contributed by atoms with Crippen molar-refractivity contribution in [2.45, 2.75) is 99.0 Å². The third kappa shape index (κ3) is 2.90. The van der Waals surface area contributed by atoms with Gasteiger partial charge in [-0.3, -0.25) is 14.4 Å². The van der Waals surface area contributed by atoms with Crippen LogP contribution >= 0.6 is 0 Å². The molecule has 0 aromatic heterocycles. The maximum atomic E-state index is 14.4. The Morgan fingerprint density at radius 2 is 1.63 bits per heavy atom. The molecule has 0 bridgehead atoms. The maximum absolute atomic E-state index is 14.4. The first kappa shape index (κ1) is 27.3. The smallest absolute Gasteiger partial charge is 0.312 e. The zero-order valence-corrected chi connectivity index (χ0v) is 24.3. The van der Waals surface area contributed by atoms with Crippen LogP contribution in [0.3, 0.4) is 0 Å². The average Bonchev–Trinajstić information content (AvgIpc) is 2.85. The predicted molar refractivity (Wildman–Crippen MR) is 142 cm³/mol. The number of allylic oxidation sites excluding steroid dienone is 3. The first-order valence-corrected chi connectivity index (χ1v) is 14.2. The number of fused-ring (bicyclic) bond motifs is 7. The Kier molecular flexibility index (Phi) is 5.52. The summed E-state index contributed by atoms with van der Waals surface area (Å²) in [5.41, 5.74) is -4.44. The van der Waals surface area contributed by atoms with E-state index in [1.54, 1.807) is 12.2 Å². The standard InChI is InChI=1S/C32H43NO5/c1-26(2)11-13-31(25(36)38-8)14-12-30(7)29(6)10-9-20-27(3,4)24(35)19(18-33)16-28(20,5)21(29)15-23(34)32(30,37)22(31)17-26/h15-16,20,22,37H,9-14,17H2,1-8H3. The zero-order valence-electron chi connectivity index (χ0n) is 24.3. The lowest BCUT2D eigenvalue weighted by Crippen LogP contribution is -2.75. The molecule has 5 rings (SSSR count). The van der Waals surface area contributed by atoms with E-state index < -0.39 is 38.6 Å². The Balaban J connectivity index is 1.75. The predicted octanol–water partition coefficient (Wildman–Crippen LogP) is 5.49. The van der Waals surface area contributed by atoms with Gasteiger partial charge in [-0.1, -0.05) is 54.5 Å². The van der Waals surface area contributed by atoms with E-state index in [2.05, 4.69) is 40.7 Å². The van der Waals surface area contributed by atoms with Gasteiger partial charge in [0.1, 0.15) is 11.7 Å². The first-order valence-electron chi connectivity index (χ1n) is 14.2. The van der Waals surface area contributed by atoms with E-state index in [9.17, 15) is 24.8 Å². The number of aliphatic hydroxyl groups is 1. The van der Waals surface area contributed by atoms with E-state index in [0.29, 0.717) is 25.7 Å². The van der Waals surface area contributed by atoms with E-state index in [1.807, 2.05) is 13.8 Å². The van der Waals surface area contributed by atoms with Crippen molar-refractivity contribution in [1.82, 2.24) is 0 Å². The van der Waals surface area contributed by atoms with Crippen LogP contribution in [0.15, 0.2) is 23.3 Å². The van der Waals surface area contributed by atoms with Crippen LogP contribution in [0.5, 0.6) is 0 Å². The molecular formula is C32H43NO5. The third-order valence-electron chi connectivity index (χ3n) is 12.6. The number of carbonyl (C=O) groups is 3. The van der Waals surface area contributed by atoms with E-state index >= 15 is 0 Å². The minimum Gasteiger partial charge on any atom is -0.469 e. The van der Waals surface area contributed by atoms with Gasteiger partial charge in [-0.2, -0.15) is 5.26 Å². The lowest BCUT2D eigenvalue weighted by molar-refractivity contribution is -0.248. The number of ketones is 2. The SMILES string of the molecule is COC(=O)C12CCC(C)(C)CC1C1(O)C(=O)C=C3C4(C)C=C(C#N)C(=O)C(C)(C)C4CCC3(C)C1(C)CC2. The lowest BCUT2D eigenvalue weighted by atomic mass is 9.33. The van der Waals surface area contributed by atoms with E-state index in [-0.39, 0.29) is 34.4 Å². The normalized spacial score (nSPS) is 46.7. The summed E-state index contributed by atoms with van der Waals surface area (Å²) in [5, 5.41) is 22.7. The number of hydrogen-bond donors (Lipinski definition) is 1. The second-order valence-electron chi connectivity index (χ2n) is 15.0. The molecule has 7 atom stereocenters. The van der Waals surface area contributed by atoms with Crippen molar-refractivity contribution in [2.75, 3.05) is 7.11 Å². The quantitative estimate of drug-likeness (QED) is 0.457. The summed E-state index contributed by atoms with van der Waals surface area (Å²) < 4.78 is 5.34. The van der Waals surface area contributed by atoms with Crippen molar-refractivity contribution in [3.8, 4) is 6.07 Å². The molecule has 0 spiro atoms. The van der Waals surface area contributed by atoms with Gasteiger partial charge < -0.3 is 9.84 Å². The van der Waals surface area contributed by atoms with E-state index in [0.717, 1.165) is 24.8 Å². The number of esters is 1. The van der Waals surface area contributed by atoms with Gasteiger partial charge in [0.05, 0.1) is 18.1 Å². The number of nitrogens with zero attached hydrogens (tertiary/aromatic N) is 1. The van der Waals surface area contributed by atoms with Gasteiger partial charge in [0.15, 0.2) is 11.6 Å². The largest absolute Gasteiger partial charge is 0.469 e. The summed E-state index contributed by atoms with van der Waals surface area (Å²) in [4.78, 5) is 41.0. The second-order valence-corrected chi connectivity index (χ2v) is 15.0. The molecule has 0 saturated heterocycles. The molecule has 0 heterocycles. The number of hydrogen-bond acceptors (Lipinski definition) is 6. The fourth-order valence-corrected chi connectivity index (χ4v) is 10.2. The number of carbonyl (C=O) groups excluding carboxylic acids is 3. The summed E-state index contributed by atoms with van der Waals surface area (Å²) in [7, 11) is 1.40. The minimum absolute atomic E-state index is 0.0621. The summed E-state index contributed by atoms with van der Waals surface area (Å²) in [5.74, 6) is -1.40. The molecule has 3 fully saturated rings. The number of ether oxygens (including phenoxy) is 1. The topological polar surface area (TPSA) is 104 Å². The van der Waals surface area contributed by atoms with Crippen LogP contribution in [0.1, 0.15) is 93.4 Å². The molecule has 5 aliphatic rings. The van der Waals surface area contributed by atoms with Crippen LogP contribution in [0.2, 0.25) is 0 Å². The fraction of sp³-hybridized carbons (Fsp3) is 0.750. The lowest BCUT2D eigenvalue weighted by Gasteiger charge is -2.71. The molecule has 0 aromatic carbocycles. The number of Topliss-reactive ketones (excluding diaryl/α,β-unsaturated/α-hetero) is 1. The summed E-state index contributed by atoms with van der Waals surface area (Å²) in [6.07, 6.45) is 8.02. The van der Waals surface area contributed by atoms with Crippen LogP contribution in [0.4, 0.5) is 0 Å². The molecule has 0 amide bonds. The van der Waals surface area contributed by atoms with Gasteiger partial charge in [0.25, 0.3) is 0 Å². The van der Waals surface area contributed by atoms with Gasteiger partial charge in [0.2, 0.25) is 0 Å². The van der Waals surface area contributed by atoms with Crippen LogP contribution in [-0.2, 0) is 19.1 Å². The average molecular weight is 522 g/mol. The molecule has 6 nitrogen and oxygen atoms in total. The van der Waals surface area contributed by atoms with Crippen molar-refractivity contribution in [3.63, 3.8) is 0 Å². The summed E-state index contributed by atoms with van der Waals surface area (Å²) in [6, 6.07) is 2.13. The van der Waals surface area contributed by atoms with Gasteiger partial charge >= 0.3 is 5.97 Å². The van der Waals surface area contributed by atoms with Crippen LogP contribution in [0.25, 0.3) is 0 Å². The van der Waals surface area contributed by atoms with Crippen LogP contribution < -0.4 is 0 Å². The fourth-order valence-electron chi connectivity index (χ4n) is 10.2. The molecule has 206 valence electrons. The Bertz CT molecular complexity index is 1250. The highest BCUT2D eigenvalue weighted by atomic mass is 16.5. The van der Waals surface area contributed by atoms with E-state index in [4.69, 9.17) is 4.74 Å². The molecule has 5 aliphatic carbocycles. The Labute approximate surface area is 226 Å². The van der Waals surface area contributed by atoms with Gasteiger partial charge in [0, 0.05) is 22.2 Å². The monoisotopic (exact) mass is 521 g/mol. The van der Waals surface area contributed by atoms with Gasteiger partial charge in [-0.25, -0.2) is 0 Å². The van der Waals surface area contributed by atoms with Crippen LogP contribution in [-0.4, -0.2) is 35.4 Å². The molecule has 0 radical (unpaired) electrons. The molecule has 0 aromatic rings. The van der Waals surface area contributed by atoms with Crippen molar-refractivity contribution in [1.29, 1.82) is 5.26 Å². The molecule has 0 aliphatic heterocycles. The highest BCUT2D eigenvalue weighted by Gasteiger charge is 2.77. The molecule has 38 heavy (non-hydrogen) atoms. The van der Waals surface area contributed by atoms with Gasteiger partial charge in [-0.05, 0) is 73.3 Å². The Morgan fingerprint density at radius 1 is 1.00 bits per heavy atom. The van der Waals surface area contributed by atoms with Crippen molar-refractivity contribution < 1.29 is 24.2 Å². The number of nitriles is 1. The zero-order chi connectivity index (χ0) is 28.3. The Morgan fingerprint density at radius 3 is 2.24 bits per heavy atom. The highest BCUT2D eigenvalue weighted by Crippen LogP contribution is 2.75. The number of methoxy groups -OCH3 is 1. The van der Waals surface area contributed by atoms with Crippen LogP contribution in [0, 0.1) is 55.7 Å². The van der Waals surface area contributed by atoms with Crippen molar-refractivity contribution in [2.24, 2.45) is 44.3 Å². The van der Waals surface area contributed by atoms with E-state index in [1.165, 1.54) is 7.11 Å². The molecule has 6 heteroatoms. The van der Waals surface area contributed by atoms with Gasteiger partial charge in [-0.15, -0.1) is 0 Å². The molecule has 3 saturated carbocycles. The summed E-state index contributed by atoms with van der Waals surface area (Å²) in [6.45, 7) is 14.4. The first-order chi connectivity index (χ1) is 17.4. The second kappa shape index (κ2) is 7.68. The minimum atomic E-state index is -1.72. The summed E-state index contributed by atoms with van der Waals surface area (Å²) >= 11 is 0. The molecular weight excluding hydrogens is 478 g/mol. The molecule has 1 N–H and O–H groups in total. The van der Waals surface area contributed by atoms with Crippen molar-refractivity contribution >= 4 is 17.5 Å².